The van der Waals surface area contributed by atoms with Crippen molar-refractivity contribution in [1.29, 1.82) is 0 Å². The van der Waals surface area contributed by atoms with E-state index in [9.17, 15) is 4.39 Å². The van der Waals surface area contributed by atoms with Gasteiger partial charge in [0.05, 0.1) is 0 Å². The summed E-state index contributed by atoms with van der Waals surface area (Å²) in [5.74, 6) is -0.208. The molecule has 0 saturated heterocycles. The third-order valence-electron chi connectivity index (χ3n) is 2.46. The van der Waals surface area contributed by atoms with Gasteiger partial charge < -0.3 is 5.32 Å². The summed E-state index contributed by atoms with van der Waals surface area (Å²) in [4.78, 5) is 0. The summed E-state index contributed by atoms with van der Waals surface area (Å²) in [5, 5.41) is 3.24. The van der Waals surface area contributed by atoms with Crippen molar-refractivity contribution >= 4 is 5.69 Å². The maximum Gasteiger partial charge on any atom is 0.123 e. The molecule has 16 heavy (non-hydrogen) atoms. The summed E-state index contributed by atoms with van der Waals surface area (Å²) in [7, 11) is 0. The van der Waals surface area contributed by atoms with Crippen LogP contribution in [-0.4, -0.2) is 0 Å². The van der Waals surface area contributed by atoms with Gasteiger partial charge in [0.2, 0.25) is 0 Å². The van der Waals surface area contributed by atoms with Gasteiger partial charge in [-0.1, -0.05) is 29.8 Å². The smallest absolute Gasteiger partial charge is 0.123 e. The number of hydrogen-bond acceptors (Lipinski definition) is 1. The van der Waals surface area contributed by atoms with Gasteiger partial charge in [0, 0.05) is 12.2 Å². The number of aryl methyl sites for hydroxylation is 1. The van der Waals surface area contributed by atoms with E-state index in [1.165, 1.54) is 23.3 Å². The summed E-state index contributed by atoms with van der Waals surface area (Å²) in [6.45, 7) is 2.82. The van der Waals surface area contributed by atoms with Crippen molar-refractivity contribution in [2.75, 3.05) is 5.32 Å². The second-order valence-corrected chi connectivity index (χ2v) is 3.85. The Hall–Kier alpha value is -1.83. The van der Waals surface area contributed by atoms with Crippen LogP contribution in [0.5, 0.6) is 0 Å². The van der Waals surface area contributed by atoms with Crippen LogP contribution in [0.3, 0.4) is 0 Å². The SMILES string of the molecule is Cc1ccc(CNc2ccc(F)cc2)cc1. The number of halogens is 1. The van der Waals surface area contributed by atoms with Crippen LogP contribution in [0.25, 0.3) is 0 Å². The van der Waals surface area contributed by atoms with Crippen molar-refractivity contribution in [3.63, 3.8) is 0 Å². The van der Waals surface area contributed by atoms with Crippen LogP contribution >= 0.6 is 0 Å². The topological polar surface area (TPSA) is 12.0 Å². The zero-order valence-corrected chi connectivity index (χ0v) is 9.20. The minimum absolute atomic E-state index is 0.208. The molecule has 2 rings (SSSR count). The fourth-order valence-electron chi connectivity index (χ4n) is 1.48. The minimum Gasteiger partial charge on any atom is -0.381 e. The van der Waals surface area contributed by atoms with Gasteiger partial charge in [-0.15, -0.1) is 0 Å². The molecular weight excluding hydrogens is 201 g/mol. The predicted octanol–water partition coefficient (Wildman–Crippen LogP) is 3.75. The number of anilines is 1. The monoisotopic (exact) mass is 215 g/mol. The summed E-state index contributed by atoms with van der Waals surface area (Å²) in [6.07, 6.45) is 0. The average Bonchev–Trinajstić information content (AvgIpc) is 2.30. The van der Waals surface area contributed by atoms with Gasteiger partial charge >= 0.3 is 0 Å². The van der Waals surface area contributed by atoms with E-state index in [0.29, 0.717) is 0 Å². The molecule has 0 aliphatic carbocycles. The van der Waals surface area contributed by atoms with Gasteiger partial charge in [0.25, 0.3) is 0 Å². The van der Waals surface area contributed by atoms with E-state index in [0.717, 1.165) is 12.2 Å². The summed E-state index contributed by atoms with van der Waals surface area (Å²) in [5.41, 5.74) is 3.41. The molecule has 0 bridgehead atoms. The van der Waals surface area contributed by atoms with Crippen LogP contribution in [0, 0.1) is 12.7 Å². The standard InChI is InChI=1S/C14H14FN/c1-11-2-4-12(5-3-11)10-16-14-8-6-13(15)7-9-14/h2-9,16H,10H2,1H3. The van der Waals surface area contributed by atoms with Crippen LogP contribution in [0.15, 0.2) is 48.5 Å². The predicted molar refractivity (Wildman–Crippen MR) is 64.9 cm³/mol. The van der Waals surface area contributed by atoms with Gasteiger partial charge in [0.15, 0.2) is 0 Å². The first-order valence-corrected chi connectivity index (χ1v) is 5.29. The van der Waals surface area contributed by atoms with Crippen molar-refractivity contribution in [1.82, 2.24) is 0 Å². The van der Waals surface area contributed by atoms with Gasteiger partial charge in [-0.05, 0) is 36.8 Å². The van der Waals surface area contributed by atoms with Gasteiger partial charge in [-0.3, -0.25) is 0 Å². The Morgan fingerprint density at radius 1 is 0.938 bits per heavy atom. The lowest BCUT2D eigenvalue weighted by Crippen LogP contribution is -1.98. The number of nitrogens with one attached hydrogen (secondary N) is 1. The maximum atomic E-state index is 12.7. The quantitative estimate of drug-likeness (QED) is 0.822. The number of hydrogen-bond donors (Lipinski definition) is 1. The first kappa shape index (κ1) is 10.7. The van der Waals surface area contributed by atoms with Crippen molar-refractivity contribution in [3.8, 4) is 0 Å². The second-order valence-electron chi connectivity index (χ2n) is 3.85. The van der Waals surface area contributed by atoms with Gasteiger partial charge in [0.1, 0.15) is 5.82 Å². The largest absolute Gasteiger partial charge is 0.381 e. The molecule has 0 unspecified atom stereocenters. The van der Waals surface area contributed by atoms with Crippen molar-refractivity contribution < 1.29 is 4.39 Å². The highest BCUT2D eigenvalue weighted by Gasteiger charge is 1.94. The third-order valence-corrected chi connectivity index (χ3v) is 2.46. The maximum absolute atomic E-state index is 12.7. The molecule has 2 aromatic carbocycles. The van der Waals surface area contributed by atoms with E-state index in [-0.39, 0.29) is 5.82 Å². The molecule has 0 aliphatic heterocycles. The van der Waals surface area contributed by atoms with Crippen molar-refractivity contribution in [2.24, 2.45) is 0 Å². The average molecular weight is 215 g/mol. The zero-order valence-electron chi connectivity index (χ0n) is 9.20. The number of benzene rings is 2. The molecular formula is C14H14FN. The van der Waals surface area contributed by atoms with E-state index in [1.807, 2.05) is 0 Å². The molecule has 0 radical (unpaired) electrons. The molecule has 0 fully saturated rings. The van der Waals surface area contributed by atoms with Gasteiger partial charge in [-0.25, -0.2) is 4.39 Å². The van der Waals surface area contributed by atoms with E-state index >= 15 is 0 Å². The lowest BCUT2D eigenvalue weighted by atomic mass is 10.1. The highest BCUT2D eigenvalue weighted by atomic mass is 19.1. The van der Waals surface area contributed by atoms with Crippen LogP contribution < -0.4 is 5.32 Å². The number of rotatable bonds is 3. The fraction of sp³-hybridized carbons (Fsp3) is 0.143. The van der Waals surface area contributed by atoms with E-state index in [4.69, 9.17) is 0 Å². The van der Waals surface area contributed by atoms with Crippen molar-refractivity contribution in [2.45, 2.75) is 13.5 Å². The van der Waals surface area contributed by atoms with E-state index in [2.05, 4.69) is 36.5 Å². The highest BCUT2D eigenvalue weighted by Crippen LogP contribution is 2.10. The van der Waals surface area contributed by atoms with Crippen LogP contribution in [0.2, 0.25) is 0 Å². The Morgan fingerprint density at radius 2 is 1.56 bits per heavy atom. The Kier molecular flexibility index (Phi) is 3.20. The Labute approximate surface area is 94.9 Å². The third kappa shape index (κ3) is 2.83. The second kappa shape index (κ2) is 4.79. The molecule has 0 saturated carbocycles. The molecule has 1 nitrogen and oxygen atoms in total. The van der Waals surface area contributed by atoms with E-state index in [1.54, 1.807) is 12.1 Å². The summed E-state index contributed by atoms with van der Waals surface area (Å²) < 4.78 is 12.7. The molecule has 1 N–H and O–H groups in total. The summed E-state index contributed by atoms with van der Waals surface area (Å²) in [6, 6.07) is 14.7. The molecule has 2 heteroatoms. The Balaban J connectivity index is 1.97. The van der Waals surface area contributed by atoms with Crippen molar-refractivity contribution in [3.05, 3.63) is 65.5 Å². The molecule has 0 aliphatic rings. The zero-order chi connectivity index (χ0) is 11.4. The molecule has 0 heterocycles. The lowest BCUT2D eigenvalue weighted by Gasteiger charge is -2.06. The molecule has 2 aromatic rings. The highest BCUT2D eigenvalue weighted by molar-refractivity contribution is 5.43. The fourth-order valence-corrected chi connectivity index (χ4v) is 1.48. The van der Waals surface area contributed by atoms with Crippen LogP contribution in [-0.2, 0) is 6.54 Å². The first-order chi connectivity index (χ1) is 7.74. The van der Waals surface area contributed by atoms with Crippen LogP contribution in [0.4, 0.5) is 10.1 Å². The molecule has 82 valence electrons. The lowest BCUT2D eigenvalue weighted by molar-refractivity contribution is 0.628. The van der Waals surface area contributed by atoms with E-state index < -0.39 is 0 Å². The van der Waals surface area contributed by atoms with Gasteiger partial charge in [-0.2, -0.15) is 0 Å². The minimum atomic E-state index is -0.208. The Bertz CT molecular complexity index is 400. The molecule has 0 amide bonds. The Morgan fingerprint density at radius 3 is 2.19 bits per heavy atom. The molecule has 0 atom stereocenters. The van der Waals surface area contributed by atoms with Crippen LogP contribution in [0.1, 0.15) is 11.1 Å². The molecule has 0 aromatic heterocycles. The normalized spacial score (nSPS) is 10.1. The molecule has 0 spiro atoms. The summed E-state index contributed by atoms with van der Waals surface area (Å²) >= 11 is 0. The first-order valence-electron chi connectivity index (χ1n) is 5.29.